The SMILES string of the molecule is CCN(CC)C(=O)C#C[Si](C)(C)C. The van der Waals surface area contributed by atoms with Crippen molar-refractivity contribution in [1.82, 2.24) is 4.90 Å². The molecule has 3 heteroatoms. The normalized spacial score (nSPS) is 10.2. The molecular weight excluding hydrogens is 178 g/mol. The monoisotopic (exact) mass is 197 g/mol. The van der Waals surface area contributed by atoms with Crippen LogP contribution in [0.15, 0.2) is 0 Å². The Balaban J connectivity index is 4.34. The van der Waals surface area contributed by atoms with Crippen molar-refractivity contribution in [3.05, 3.63) is 0 Å². The van der Waals surface area contributed by atoms with Gasteiger partial charge in [0.1, 0.15) is 8.07 Å². The predicted octanol–water partition coefficient (Wildman–Crippen LogP) is 1.74. The van der Waals surface area contributed by atoms with Crippen LogP contribution in [0.1, 0.15) is 13.8 Å². The molecule has 0 heterocycles. The second-order valence-electron chi connectivity index (χ2n) is 3.98. The Kier molecular flexibility index (Phi) is 4.79. The number of amides is 1. The van der Waals surface area contributed by atoms with Gasteiger partial charge in [0.25, 0.3) is 5.91 Å². The lowest BCUT2D eigenvalue weighted by Gasteiger charge is -2.14. The second-order valence-corrected chi connectivity index (χ2v) is 8.73. The van der Waals surface area contributed by atoms with Crippen LogP contribution >= 0.6 is 0 Å². The van der Waals surface area contributed by atoms with E-state index >= 15 is 0 Å². The molecule has 0 N–H and O–H groups in total. The molecule has 0 fully saturated rings. The molecule has 0 saturated heterocycles. The smallest absolute Gasteiger partial charge is 0.297 e. The molecule has 0 atom stereocenters. The lowest BCUT2D eigenvalue weighted by molar-refractivity contribution is -0.124. The molecule has 2 nitrogen and oxygen atoms in total. The van der Waals surface area contributed by atoms with Gasteiger partial charge < -0.3 is 4.90 Å². The zero-order chi connectivity index (χ0) is 10.5. The molecule has 0 rings (SSSR count). The highest BCUT2D eigenvalue weighted by Gasteiger charge is 2.10. The molecule has 0 aliphatic carbocycles. The molecule has 0 aromatic heterocycles. The maximum atomic E-state index is 11.4. The van der Waals surface area contributed by atoms with Gasteiger partial charge in [0.05, 0.1) is 0 Å². The first kappa shape index (κ1) is 12.2. The summed E-state index contributed by atoms with van der Waals surface area (Å²) in [5.41, 5.74) is 3.07. The van der Waals surface area contributed by atoms with Crippen molar-refractivity contribution in [1.29, 1.82) is 0 Å². The van der Waals surface area contributed by atoms with Crippen molar-refractivity contribution in [3.63, 3.8) is 0 Å². The van der Waals surface area contributed by atoms with Crippen molar-refractivity contribution < 1.29 is 4.79 Å². The number of carbonyl (C=O) groups is 1. The third-order valence-corrected chi connectivity index (χ3v) is 2.47. The van der Waals surface area contributed by atoms with E-state index in [0.717, 1.165) is 13.1 Å². The minimum absolute atomic E-state index is 0.0348. The Morgan fingerprint density at radius 2 is 1.69 bits per heavy atom. The van der Waals surface area contributed by atoms with E-state index < -0.39 is 8.07 Å². The van der Waals surface area contributed by atoms with Gasteiger partial charge in [-0.3, -0.25) is 4.79 Å². The Morgan fingerprint density at radius 3 is 2.00 bits per heavy atom. The first-order chi connectivity index (χ1) is 5.90. The molecule has 0 bridgehead atoms. The highest BCUT2D eigenvalue weighted by molar-refractivity contribution is 6.84. The highest BCUT2D eigenvalue weighted by atomic mass is 28.3. The van der Waals surface area contributed by atoms with Gasteiger partial charge in [-0.2, -0.15) is 0 Å². The number of nitrogens with zero attached hydrogens (tertiary/aromatic N) is 1. The van der Waals surface area contributed by atoms with E-state index in [2.05, 4.69) is 31.1 Å². The average molecular weight is 197 g/mol. The maximum absolute atomic E-state index is 11.4. The van der Waals surface area contributed by atoms with Gasteiger partial charge in [-0.25, -0.2) is 0 Å². The average Bonchev–Trinajstić information content (AvgIpc) is 2.02. The van der Waals surface area contributed by atoms with Crippen LogP contribution in [0.2, 0.25) is 19.6 Å². The minimum atomic E-state index is -1.40. The summed E-state index contributed by atoms with van der Waals surface area (Å²) in [6.45, 7) is 11.8. The Morgan fingerprint density at radius 1 is 1.23 bits per heavy atom. The van der Waals surface area contributed by atoms with Gasteiger partial charge in [0.2, 0.25) is 0 Å². The van der Waals surface area contributed by atoms with Crippen molar-refractivity contribution in [3.8, 4) is 11.5 Å². The standard InChI is InChI=1S/C10H19NOSi/c1-6-11(7-2)10(12)8-9-13(3,4)5/h6-7H2,1-5H3. The Hall–Kier alpha value is -0.753. The van der Waals surface area contributed by atoms with Gasteiger partial charge in [-0.05, 0) is 19.8 Å². The van der Waals surface area contributed by atoms with E-state index in [0.29, 0.717) is 0 Å². The fourth-order valence-corrected chi connectivity index (χ4v) is 1.31. The zero-order valence-corrected chi connectivity index (χ0v) is 10.3. The van der Waals surface area contributed by atoms with E-state index in [-0.39, 0.29) is 5.91 Å². The molecule has 0 spiro atoms. The molecule has 0 aromatic rings. The zero-order valence-electron chi connectivity index (χ0n) is 9.27. The molecule has 0 aromatic carbocycles. The summed E-state index contributed by atoms with van der Waals surface area (Å²) in [5.74, 6) is 2.69. The first-order valence-electron chi connectivity index (χ1n) is 4.72. The highest BCUT2D eigenvalue weighted by Crippen LogP contribution is 1.96. The first-order valence-corrected chi connectivity index (χ1v) is 8.22. The largest absolute Gasteiger partial charge is 0.332 e. The van der Waals surface area contributed by atoms with Gasteiger partial charge in [-0.1, -0.05) is 19.6 Å². The van der Waals surface area contributed by atoms with E-state index in [4.69, 9.17) is 0 Å². The lowest BCUT2D eigenvalue weighted by Crippen LogP contribution is -2.30. The van der Waals surface area contributed by atoms with Crippen LogP contribution in [0.4, 0.5) is 0 Å². The number of carbonyl (C=O) groups excluding carboxylic acids is 1. The molecule has 13 heavy (non-hydrogen) atoms. The van der Waals surface area contributed by atoms with E-state index in [9.17, 15) is 4.79 Å². The minimum Gasteiger partial charge on any atom is -0.332 e. The summed E-state index contributed by atoms with van der Waals surface area (Å²) in [5, 5.41) is 0. The third kappa shape index (κ3) is 5.48. The summed E-state index contributed by atoms with van der Waals surface area (Å²) in [6.07, 6.45) is 0. The summed E-state index contributed by atoms with van der Waals surface area (Å²) in [4.78, 5) is 13.2. The fourth-order valence-electron chi connectivity index (χ4n) is 0.831. The Labute approximate surface area is 82.3 Å². The van der Waals surface area contributed by atoms with Crippen LogP contribution in [0.25, 0.3) is 0 Å². The van der Waals surface area contributed by atoms with Crippen LogP contribution in [0.5, 0.6) is 0 Å². The predicted molar refractivity (Wildman–Crippen MR) is 59.1 cm³/mol. The summed E-state index contributed by atoms with van der Waals surface area (Å²) < 4.78 is 0. The Bertz CT molecular complexity index is 228. The molecule has 0 radical (unpaired) electrons. The van der Waals surface area contributed by atoms with E-state index in [1.54, 1.807) is 4.90 Å². The lowest BCUT2D eigenvalue weighted by atomic mass is 10.5. The summed E-state index contributed by atoms with van der Waals surface area (Å²) in [7, 11) is -1.40. The van der Waals surface area contributed by atoms with Crippen LogP contribution in [0, 0.1) is 11.5 Å². The van der Waals surface area contributed by atoms with Gasteiger partial charge in [-0.15, -0.1) is 5.54 Å². The fraction of sp³-hybridized carbons (Fsp3) is 0.700. The number of rotatable bonds is 2. The molecular formula is C10H19NOSi. The third-order valence-electron chi connectivity index (χ3n) is 1.60. The van der Waals surface area contributed by atoms with Crippen LogP contribution in [-0.2, 0) is 4.79 Å². The molecule has 0 aliphatic rings. The molecule has 0 saturated carbocycles. The maximum Gasteiger partial charge on any atom is 0.297 e. The van der Waals surface area contributed by atoms with E-state index in [1.165, 1.54) is 0 Å². The van der Waals surface area contributed by atoms with Gasteiger partial charge >= 0.3 is 0 Å². The van der Waals surface area contributed by atoms with Crippen molar-refractivity contribution >= 4 is 14.0 Å². The molecule has 0 unspecified atom stereocenters. The van der Waals surface area contributed by atoms with Gasteiger partial charge in [0.15, 0.2) is 0 Å². The summed E-state index contributed by atoms with van der Waals surface area (Å²) >= 11 is 0. The topological polar surface area (TPSA) is 20.3 Å². The van der Waals surface area contributed by atoms with Crippen LogP contribution < -0.4 is 0 Å². The van der Waals surface area contributed by atoms with Gasteiger partial charge in [0, 0.05) is 13.1 Å². The molecule has 0 aliphatic heterocycles. The van der Waals surface area contributed by atoms with E-state index in [1.807, 2.05) is 13.8 Å². The van der Waals surface area contributed by atoms with Crippen LogP contribution in [-0.4, -0.2) is 32.0 Å². The summed E-state index contributed by atoms with van der Waals surface area (Å²) in [6, 6.07) is 0. The van der Waals surface area contributed by atoms with Crippen molar-refractivity contribution in [2.24, 2.45) is 0 Å². The van der Waals surface area contributed by atoms with Crippen molar-refractivity contribution in [2.45, 2.75) is 33.5 Å². The van der Waals surface area contributed by atoms with Crippen LogP contribution in [0.3, 0.4) is 0 Å². The second kappa shape index (κ2) is 5.08. The number of hydrogen-bond donors (Lipinski definition) is 0. The molecule has 74 valence electrons. The number of hydrogen-bond acceptors (Lipinski definition) is 1. The quantitative estimate of drug-likeness (QED) is 0.488. The van der Waals surface area contributed by atoms with Crippen molar-refractivity contribution in [2.75, 3.05) is 13.1 Å². The molecule has 1 amide bonds.